The molecular weight excluding hydrogens is 1830 g/mol. The Morgan fingerprint density at radius 2 is 0.372 bits per heavy atom. The summed E-state index contributed by atoms with van der Waals surface area (Å²) in [5.41, 5.74) is 16.3. The molecule has 0 radical (unpaired) electrons. The molecule has 0 atom stereocenters. The van der Waals surface area contributed by atoms with Crippen LogP contribution in [0.5, 0.6) is 5.75 Å². The minimum atomic E-state index is -5.77. The SMILES string of the molecule is CC1(C)OB(c2ccc(-c3nc(-c4ccccc4)nc(-c4ccc(-c5ccccc5)cc4)n3)cc2)OC1(C)C.O=S(=O)(Oc1ccc2ccc(-c3ccc(-c4nc(-c5ccccc5)nc(-c5ccccc5)n4)cc3)cc2c1)C(F)(F)F.c1ccc(-c2ccc(-c3nc(-c4ccccc4)nc(-c4ccc(-c5ccc6ccc(-c7ccc(-c8nc(-c9ccccc9)nc(-c9ccccc9)n8)cc7)cc6c5)cc4)n3)cc2)cc1. The van der Waals surface area contributed by atoms with Gasteiger partial charge in [-0.3, -0.25) is 0 Å². The molecule has 1 aliphatic heterocycles. The molecule has 1 aliphatic rings. The van der Waals surface area contributed by atoms with E-state index in [1.54, 1.807) is 12.1 Å². The number of halogens is 3. The molecule has 0 spiro atoms. The molecule has 700 valence electrons. The lowest BCUT2D eigenvalue weighted by atomic mass is 9.79. The predicted octanol–water partition coefficient (Wildman–Crippen LogP) is 29.0. The van der Waals surface area contributed by atoms with Gasteiger partial charge in [-0.2, -0.15) is 21.6 Å². The van der Waals surface area contributed by atoms with Gasteiger partial charge in [0.1, 0.15) is 5.75 Å². The first-order chi connectivity index (χ1) is 70.6. The zero-order valence-electron chi connectivity index (χ0n) is 78.9. The normalized spacial score (nSPS) is 12.6. The van der Waals surface area contributed by atoms with Crippen LogP contribution in [0.3, 0.4) is 0 Å². The van der Waals surface area contributed by atoms with Crippen molar-refractivity contribution in [2.75, 3.05) is 0 Å². The molecule has 22 heteroatoms. The number of hydrogen-bond acceptors (Lipinski definition) is 17. The Balaban J connectivity index is 0.000000134. The van der Waals surface area contributed by atoms with E-state index in [0.29, 0.717) is 80.7 Å². The number of benzene rings is 18. The second-order valence-corrected chi connectivity index (χ2v) is 37.3. The molecule has 145 heavy (non-hydrogen) atoms. The summed E-state index contributed by atoms with van der Waals surface area (Å²) in [6, 6.07) is 152. The Hall–Kier alpha value is -18.0. The molecule has 0 unspecified atom stereocenters. The number of rotatable bonds is 20. The third-order valence-electron chi connectivity index (χ3n) is 25.5. The smallest absolute Gasteiger partial charge is 0.399 e. The van der Waals surface area contributed by atoms with E-state index in [1.807, 2.05) is 261 Å². The van der Waals surface area contributed by atoms with Gasteiger partial charge in [0.25, 0.3) is 0 Å². The van der Waals surface area contributed by atoms with Gasteiger partial charge in [0.15, 0.2) is 69.9 Å². The highest BCUT2D eigenvalue weighted by Gasteiger charge is 2.52. The summed E-state index contributed by atoms with van der Waals surface area (Å²) < 4.78 is 77.9. The molecule has 1 fully saturated rings. The summed E-state index contributed by atoms with van der Waals surface area (Å²) in [7, 11) is -6.19. The van der Waals surface area contributed by atoms with E-state index in [1.165, 1.54) is 34.7 Å². The van der Waals surface area contributed by atoms with Crippen molar-refractivity contribution in [1.82, 2.24) is 59.8 Å². The Morgan fingerprint density at radius 3 is 0.593 bits per heavy atom. The van der Waals surface area contributed by atoms with E-state index >= 15 is 0 Å². The highest BCUT2D eigenvalue weighted by Crippen LogP contribution is 2.41. The fraction of sp³-hybridized carbons (Fsp3) is 0.0569. The van der Waals surface area contributed by atoms with Crippen molar-refractivity contribution in [3.63, 3.8) is 0 Å². The van der Waals surface area contributed by atoms with Crippen LogP contribution < -0.4 is 9.65 Å². The summed E-state index contributed by atoms with van der Waals surface area (Å²) in [4.78, 5) is 58.4. The van der Waals surface area contributed by atoms with Gasteiger partial charge in [0, 0.05) is 66.8 Å². The van der Waals surface area contributed by atoms with Gasteiger partial charge in [0.05, 0.1) is 11.2 Å². The zero-order valence-corrected chi connectivity index (χ0v) is 79.7. The summed E-state index contributed by atoms with van der Waals surface area (Å²) in [6.07, 6.45) is 0. The van der Waals surface area contributed by atoms with E-state index in [0.717, 1.165) is 122 Å². The summed E-state index contributed by atoms with van der Waals surface area (Å²) in [6.45, 7) is 8.24. The number of hydrogen-bond donors (Lipinski definition) is 0. The molecule has 0 aliphatic carbocycles. The third kappa shape index (κ3) is 21.1. The van der Waals surface area contributed by atoms with E-state index < -0.39 is 28.5 Å². The molecule has 18 aromatic carbocycles. The second-order valence-electron chi connectivity index (χ2n) is 35.7. The van der Waals surface area contributed by atoms with Crippen LogP contribution in [0.15, 0.2) is 461 Å². The van der Waals surface area contributed by atoms with Crippen molar-refractivity contribution in [3.8, 4) is 198 Å². The molecule has 23 rings (SSSR count). The van der Waals surface area contributed by atoms with Gasteiger partial charge in [-0.05, 0) is 141 Å². The maximum atomic E-state index is 12.8. The van der Waals surface area contributed by atoms with E-state index in [4.69, 9.17) is 69.1 Å². The molecule has 17 nitrogen and oxygen atoms in total. The maximum Gasteiger partial charge on any atom is 0.534 e. The fourth-order valence-electron chi connectivity index (χ4n) is 16.9. The van der Waals surface area contributed by atoms with E-state index in [2.05, 4.69) is 202 Å². The molecule has 0 amide bonds. The fourth-order valence-corrected chi connectivity index (χ4v) is 17.4. The Bertz CT molecular complexity index is 8390. The summed E-state index contributed by atoms with van der Waals surface area (Å²) in [5.74, 6) is 6.87. The molecule has 4 aromatic heterocycles. The summed E-state index contributed by atoms with van der Waals surface area (Å²) >= 11 is 0. The largest absolute Gasteiger partial charge is 0.534 e. The average Bonchev–Trinajstić information content (AvgIpc) is 1.69. The highest BCUT2D eigenvalue weighted by atomic mass is 32.2. The lowest BCUT2D eigenvalue weighted by molar-refractivity contribution is -0.0500. The van der Waals surface area contributed by atoms with Gasteiger partial charge in [0.2, 0.25) is 0 Å². The van der Waals surface area contributed by atoms with Crippen molar-refractivity contribution in [2.24, 2.45) is 0 Å². The van der Waals surface area contributed by atoms with Gasteiger partial charge < -0.3 is 13.5 Å². The first-order valence-electron chi connectivity index (χ1n) is 47.2. The number of fused-ring (bicyclic) bond motifs is 2. The number of aromatic nitrogens is 12. The molecule has 5 heterocycles. The molecule has 1 saturated heterocycles. The quantitative estimate of drug-likeness (QED) is 0.0394. The topological polar surface area (TPSA) is 217 Å². The van der Waals surface area contributed by atoms with Crippen LogP contribution in [-0.4, -0.2) is 92.1 Å². The standard InChI is InChI=1S/C58H38N6.C33H30BN3O2.C32H20F3N3O3S/c1-5-13-39(14-6-1)40-21-29-47(30-22-40)57-62-55(46-19-11-4-12-20-46)63-58(64-57)49-33-25-42(26-34-49)51-36-28-43-27-35-50(37-52(43)38-51)41-23-31-48(32-24-41)56-60-53(44-15-7-2-8-16-44)59-54(61-56)45-17-9-3-10-18-45;1-32(2)33(3,4)39-34(38-32)28-21-19-27(20-22-28)31-36-29(25-13-9-6-10-14-25)35-30(37-31)26-17-15-24(16-18-26)23-11-7-5-8-12-23;33-32(34,35)42(39,40)41-28-18-17-22-13-16-26(19-27(22)20-28)21-11-14-25(15-12-21)31-37-29(23-7-3-1-4-8-23)36-30(38-31)24-9-5-2-6-10-24/h1-38H;5-22H,1-4H3;1-20H. The highest BCUT2D eigenvalue weighted by molar-refractivity contribution is 7.88. The lowest BCUT2D eigenvalue weighted by Gasteiger charge is -2.32. The van der Waals surface area contributed by atoms with Gasteiger partial charge in [-0.15, -0.1) is 0 Å². The van der Waals surface area contributed by atoms with Crippen LogP contribution in [0.2, 0.25) is 0 Å². The molecule has 0 bridgehead atoms. The third-order valence-corrected chi connectivity index (χ3v) is 26.5. The Morgan fingerprint density at radius 1 is 0.207 bits per heavy atom. The number of alkyl halides is 3. The van der Waals surface area contributed by atoms with Gasteiger partial charge in [-0.1, -0.05) is 431 Å². The van der Waals surface area contributed by atoms with Crippen molar-refractivity contribution in [1.29, 1.82) is 0 Å². The van der Waals surface area contributed by atoms with Crippen LogP contribution >= 0.6 is 0 Å². The van der Waals surface area contributed by atoms with E-state index in [-0.39, 0.29) is 11.2 Å². The van der Waals surface area contributed by atoms with Crippen molar-refractivity contribution < 1.29 is 35.1 Å². The monoisotopic (exact) mass is 1910 g/mol. The first kappa shape index (κ1) is 93.3. The van der Waals surface area contributed by atoms with E-state index in [9.17, 15) is 21.6 Å². The Labute approximate surface area is 837 Å². The average molecular weight is 1910 g/mol. The minimum absolute atomic E-state index is 0.389. The summed E-state index contributed by atoms with van der Waals surface area (Å²) in [5, 5.41) is 3.56. The molecule has 0 N–H and O–H groups in total. The molecular formula is C123H88BF3N12O5S. The van der Waals surface area contributed by atoms with Crippen LogP contribution in [0.4, 0.5) is 13.2 Å². The van der Waals surface area contributed by atoms with Crippen molar-refractivity contribution >= 4 is 44.2 Å². The minimum Gasteiger partial charge on any atom is -0.399 e. The molecule has 22 aromatic rings. The van der Waals surface area contributed by atoms with Crippen LogP contribution in [-0.2, 0) is 19.4 Å². The molecule has 0 saturated carbocycles. The Kier molecular flexibility index (Phi) is 26.2. The number of nitrogens with zero attached hydrogens (tertiary/aromatic N) is 12. The predicted molar refractivity (Wildman–Crippen MR) is 572 cm³/mol. The first-order valence-corrected chi connectivity index (χ1v) is 48.6. The zero-order chi connectivity index (χ0) is 99.0. The van der Waals surface area contributed by atoms with Crippen molar-refractivity contribution in [3.05, 3.63) is 461 Å². The van der Waals surface area contributed by atoms with Gasteiger partial charge in [-0.25, -0.2) is 59.8 Å². The van der Waals surface area contributed by atoms with Gasteiger partial charge >= 0.3 is 22.7 Å². The second kappa shape index (κ2) is 40.7. The van der Waals surface area contributed by atoms with Crippen LogP contribution in [0.25, 0.3) is 214 Å². The lowest BCUT2D eigenvalue weighted by Crippen LogP contribution is -2.41. The van der Waals surface area contributed by atoms with Crippen LogP contribution in [0, 0.1) is 0 Å². The van der Waals surface area contributed by atoms with Crippen molar-refractivity contribution in [2.45, 2.75) is 44.4 Å². The van der Waals surface area contributed by atoms with Crippen LogP contribution in [0.1, 0.15) is 27.7 Å². The maximum absolute atomic E-state index is 12.8.